The number of allylic oxidation sites excluding steroid dienone is 4. The fourth-order valence-corrected chi connectivity index (χ4v) is 8.45. The second kappa shape index (κ2) is 9.67. The number of primary amides is 1. The summed E-state index contributed by atoms with van der Waals surface area (Å²) in [6.07, 6.45) is 14.9. The van der Waals surface area contributed by atoms with Crippen molar-refractivity contribution in [2.24, 2.45) is 28.4 Å². The van der Waals surface area contributed by atoms with Crippen LogP contribution in [0.1, 0.15) is 102 Å². The molecule has 1 aromatic carbocycles. The van der Waals surface area contributed by atoms with Gasteiger partial charge in [0.25, 0.3) is 0 Å². The van der Waals surface area contributed by atoms with Crippen molar-refractivity contribution < 1.29 is 14.3 Å². The Balaban J connectivity index is 1.56. The Kier molecular flexibility index (Phi) is 6.55. The number of nitrogens with two attached hydrogens (primary N) is 1. The standard InChI is InChI=1S/C34H44N2O3/c1-5-9-21(10-6-2)29-30-25-14-13-24(39-4)18-26(25)27-19-34(27,32(35)38)20-36(30)28-17-23(15-16-33(28,29)3)31(37)22-11-7-8-12-22/h13-15,17-18,21-22,27H,5-12,16,19-20H2,1-4H3,(H2,35,38). The topological polar surface area (TPSA) is 72.6 Å². The van der Waals surface area contributed by atoms with Gasteiger partial charge in [0, 0.05) is 46.3 Å². The molecule has 5 nitrogen and oxygen atoms in total. The highest BCUT2D eigenvalue weighted by molar-refractivity contribution is 6.01. The molecule has 208 valence electrons. The highest BCUT2D eigenvalue weighted by atomic mass is 16.5. The van der Waals surface area contributed by atoms with Crippen LogP contribution >= 0.6 is 0 Å². The summed E-state index contributed by atoms with van der Waals surface area (Å²) in [6.45, 7) is 7.52. The second-order valence-corrected chi connectivity index (χ2v) is 12.9. The predicted molar refractivity (Wildman–Crippen MR) is 155 cm³/mol. The van der Waals surface area contributed by atoms with Crippen LogP contribution in [-0.2, 0) is 9.59 Å². The number of amides is 1. The lowest BCUT2D eigenvalue weighted by atomic mass is 9.67. The number of methoxy groups -OCH3 is 1. The van der Waals surface area contributed by atoms with E-state index in [1.165, 1.54) is 28.1 Å². The molecule has 3 aliphatic carbocycles. The molecular formula is C34H44N2O3. The average molecular weight is 529 g/mol. The molecular weight excluding hydrogens is 484 g/mol. The number of Topliss-reactive ketones (excluding diaryl/α,β-unsaturated/α-hetero) is 1. The molecule has 0 saturated heterocycles. The number of carbonyl (C=O) groups is 2. The molecule has 0 radical (unpaired) electrons. The lowest BCUT2D eigenvalue weighted by molar-refractivity contribution is -0.123. The summed E-state index contributed by atoms with van der Waals surface area (Å²) in [7, 11) is 1.70. The third-order valence-electron chi connectivity index (χ3n) is 10.6. The van der Waals surface area contributed by atoms with Gasteiger partial charge in [0.15, 0.2) is 5.78 Å². The largest absolute Gasteiger partial charge is 0.497 e. The van der Waals surface area contributed by atoms with Gasteiger partial charge in [-0.15, -0.1) is 0 Å². The molecule has 5 aliphatic rings. The van der Waals surface area contributed by atoms with E-state index in [2.05, 4.69) is 56.0 Å². The van der Waals surface area contributed by atoms with Crippen molar-refractivity contribution in [2.45, 2.75) is 90.9 Å². The van der Waals surface area contributed by atoms with E-state index in [1.54, 1.807) is 7.11 Å². The summed E-state index contributed by atoms with van der Waals surface area (Å²) < 4.78 is 5.64. The van der Waals surface area contributed by atoms with Gasteiger partial charge in [-0.1, -0.05) is 45.6 Å². The van der Waals surface area contributed by atoms with Crippen LogP contribution in [0.15, 0.2) is 47.2 Å². The van der Waals surface area contributed by atoms with Crippen LogP contribution in [0.4, 0.5) is 0 Å². The third-order valence-corrected chi connectivity index (χ3v) is 10.6. The molecule has 0 bridgehead atoms. The van der Waals surface area contributed by atoms with E-state index in [0.29, 0.717) is 18.2 Å². The first kappa shape index (κ1) is 26.4. The first-order valence-electron chi connectivity index (χ1n) is 15.3. The zero-order valence-corrected chi connectivity index (χ0v) is 24.1. The van der Waals surface area contributed by atoms with Gasteiger partial charge in [0.2, 0.25) is 5.91 Å². The summed E-state index contributed by atoms with van der Waals surface area (Å²) >= 11 is 0. The van der Waals surface area contributed by atoms with E-state index in [9.17, 15) is 9.59 Å². The first-order chi connectivity index (χ1) is 18.8. The molecule has 0 spiro atoms. The Hall–Kier alpha value is -2.82. The Morgan fingerprint density at radius 2 is 1.87 bits per heavy atom. The van der Waals surface area contributed by atoms with E-state index in [4.69, 9.17) is 10.5 Å². The normalized spacial score (nSPS) is 29.3. The number of fused-ring (bicyclic) bond motifs is 7. The Bertz CT molecular complexity index is 1290. The van der Waals surface area contributed by atoms with Crippen LogP contribution in [0.3, 0.4) is 0 Å². The lowest BCUT2D eigenvalue weighted by Gasteiger charge is -2.37. The monoisotopic (exact) mass is 528 g/mol. The van der Waals surface area contributed by atoms with E-state index in [0.717, 1.165) is 75.5 Å². The fourth-order valence-electron chi connectivity index (χ4n) is 8.45. The van der Waals surface area contributed by atoms with Gasteiger partial charge >= 0.3 is 0 Å². The quantitative estimate of drug-likeness (QED) is 0.379. The zero-order valence-electron chi connectivity index (χ0n) is 24.1. The van der Waals surface area contributed by atoms with Crippen LogP contribution in [0.25, 0.3) is 5.70 Å². The minimum Gasteiger partial charge on any atom is -0.497 e. The molecule has 39 heavy (non-hydrogen) atoms. The summed E-state index contributed by atoms with van der Waals surface area (Å²) in [5.74, 6) is 1.61. The van der Waals surface area contributed by atoms with Crippen LogP contribution in [-0.4, -0.2) is 30.2 Å². The molecule has 5 heteroatoms. The Labute approximate surface area is 233 Å². The van der Waals surface area contributed by atoms with Gasteiger partial charge < -0.3 is 15.4 Å². The number of ether oxygens (including phenoxy) is 1. The van der Waals surface area contributed by atoms with Crippen molar-refractivity contribution in [2.75, 3.05) is 13.7 Å². The van der Waals surface area contributed by atoms with Crippen molar-refractivity contribution in [1.82, 2.24) is 4.90 Å². The summed E-state index contributed by atoms with van der Waals surface area (Å²) in [4.78, 5) is 29.2. The highest BCUT2D eigenvalue weighted by Crippen LogP contribution is 2.68. The maximum absolute atomic E-state index is 13.6. The number of hydrogen-bond acceptors (Lipinski definition) is 4. The summed E-state index contributed by atoms with van der Waals surface area (Å²) in [6, 6.07) is 6.40. The highest BCUT2D eigenvalue weighted by Gasteiger charge is 2.65. The molecule has 2 fully saturated rings. The molecule has 1 aromatic rings. The molecule has 3 atom stereocenters. The molecule has 1 amide bonds. The molecule has 2 aliphatic heterocycles. The van der Waals surface area contributed by atoms with E-state index in [-0.39, 0.29) is 23.2 Å². The summed E-state index contributed by atoms with van der Waals surface area (Å²) in [5.41, 5.74) is 12.6. The van der Waals surface area contributed by atoms with Gasteiger partial charge in [0.1, 0.15) is 5.75 Å². The minimum absolute atomic E-state index is 0.0980. The molecule has 6 rings (SSSR count). The fraction of sp³-hybridized carbons (Fsp3) is 0.588. The zero-order chi connectivity index (χ0) is 27.5. The molecule has 0 aromatic heterocycles. The van der Waals surface area contributed by atoms with Crippen molar-refractivity contribution >= 4 is 17.4 Å². The van der Waals surface area contributed by atoms with Crippen molar-refractivity contribution in [3.05, 3.63) is 58.3 Å². The predicted octanol–water partition coefficient (Wildman–Crippen LogP) is 6.89. The van der Waals surface area contributed by atoms with Gasteiger partial charge in [-0.05, 0) is 86.8 Å². The van der Waals surface area contributed by atoms with Gasteiger partial charge in [0.05, 0.1) is 12.5 Å². The second-order valence-electron chi connectivity index (χ2n) is 12.9. The van der Waals surface area contributed by atoms with Crippen molar-refractivity contribution in [1.29, 1.82) is 0 Å². The van der Waals surface area contributed by atoms with Crippen molar-refractivity contribution in [3.8, 4) is 5.75 Å². The van der Waals surface area contributed by atoms with Gasteiger partial charge in [-0.25, -0.2) is 0 Å². The van der Waals surface area contributed by atoms with Crippen LogP contribution in [0, 0.1) is 22.7 Å². The first-order valence-corrected chi connectivity index (χ1v) is 15.3. The molecule has 2 heterocycles. The number of hydrogen-bond donors (Lipinski definition) is 1. The summed E-state index contributed by atoms with van der Waals surface area (Å²) in [5, 5.41) is 0. The molecule has 2 N–H and O–H groups in total. The Morgan fingerprint density at radius 3 is 2.51 bits per heavy atom. The Morgan fingerprint density at radius 1 is 1.15 bits per heavy atom. The van der Waals surface area contributed by atoms with E-state index >= 15 is 0 Å². The van der Waals surface area contributed by atoms with Gasteiger partial charge in [-0.3, -0.25) is 9.59 Å². The van der Waals surface area contributed by atoms with Crippen LogP contribution in [0.5, 0.6) is 5.75 Å². The molecule has 2 saturated carbocycles. The minimum atomic E-state index is -0.595. The maximum atomic E-state index is 13.6. The number of rotatable bonds is 9. The SMILES string of the molecule is CCCC(CCC)C1=C2c3ccc(OC)cc3C3CC3(C(N)=O)CN2C2=CC(C(=O)C3CCCC3)=CCC21C. The van der Waals surface area contributed by atoms with Crippen molar-refractivity contribution in [3.63, 3.8) is 0 Å². The molecule has 3 unspecified atom stereocenters. The smallest absolute Gasteiger partial charge is 0.226 e. The number of carbonyl (C=O) groups excluding carboxylic acids is 2. The number of nitrogens with zero attached hydrogens (tertiary/aromatic N) is 1. The average Bonchev–Trinajstić information content (AvgIpc) is 3.32. The van der Waals surface area contributed by atoms with Crippen LogP contribution < -0.4 is 10.5 Å². The maximum Gasteiger partial charge on any atom is 0.226 e. The van der Waals surface area contributed by atoms with Gasteiger partial charge in [-0.2, -0.15) is 0 Å². The van der Waals surface area contributed by atoms with E-state index < -0.39 is 5.41 Å². The number of benzene rings is 1. The van der Waals surface area contributed by atoms with Crippen LogP contribution in [0.2, 0.25) is 0 Å². The lowest BCUT2D eigenvalue weighted by Crippen LogP contribution is -2.38. The van der Waals surface area contributed by atoms with E-state index in [1.807, 2.05) is 0 Å². The third kappa shape index (κ3) is 3.94. The number of ketones is 1.